The van der Waals surface area contributed by atoms with Gasteiger partial charge in [0.05, 0.1) is 0 Å². The number of rotatable bonds is 1. The van der Waals surface area contributed by atoms with Crippen LogP contribution in [0, 0.1) is 0 Å². The van der Waals surface area contributed by atoms with Crippen LogP contribution in [0.5, 0.6) is 0 Å². The van der Waals surface area contributed by atoms with Gasteiger partial charge in [-0.1, -0.05) is 30.3 Å². The molecule has 3 nitrogen and oxygen atoms in total. The van der Waals surface area contributed by atoms with Gasteiger partial charge in [0.25, 0.3) is 0 Å². The highest BCUT2D eigenvalue weighted by molar-refractivity contribution is 7.80. The van der Waals surface area contributed by atoms with Gasteiger partial charge < -0.3 is 0 Å². The number of nitrogens with zero attached hydrogens (tertiary/aromatic N) is 2. The van der Waals surface area contributed by atoms with Gasteiger partial charge in [0.15, 0.2) is 5.82 Å². The van der Waals surface area contributed by atoms with Crippen molar-refractivity contribution in [3.63, 3.8) is 0 Å². The molecule has 0 saturated carbocycles. The Morgan fingerprint density at radius 1 is 1.17 bits per heavy atom. The average molecular weight is 176 g/mol. The van der Waals surface area contributed by atoms with Crippen LogP contribution in [0.25, 0.3) is 11.4 Å². The highest BCUT2D eigenvalue weighted by Gasteiger charge is 2.00. The molecule has 0 aliphatic rings. The Hall–Kier alpha value is -1.42. The number of aromatic nitrogens is 3. The SMILES string of the molecule is [S]c1n[nH]c(-c2ccccc2)n1. The van der Waals surface area contributed by atoms with Gasteiger partial charge in [-0.3, -0.25) is 5.10 Å². The van der Waals surface area contributed by atoms with E-state index in [0.29, 0.717) is 5.16 Å². The Morgan fingerprint density at radius 3 is 2.50 bits per heavy atom. The molecule has 0 aliphatic heterocycles. The first kappa shape index (κ1) is 7.24. The zero-order valence-corrected chi connectivity index (χ0v) is 7.01. The van der Waals surface area contributed by atoms with Crippen molar-refractivity contribution in [1.82, 2.24) is 15.2 Å². The monoisotopic (exact) mass is 176 g/mol. The van der Waals surface area contributed by atoms with Crippen LogP contribution in [0.2, 0.25) is 0 Å². The summed E-state index contributed by atoms with van der Waals surface area (Å²) in [5, 5.41) is 6.88. The molecule has 0 saturated heterocycles. The molecule has 12 heavy (non-hydrogen) atoms. The fraction of sp³-hybridized carbons (Fsp3) is 0. The van der Waals surface area contributed by atoms with Crippen molar-refractivity contribution in [1.29, 1.82) is 0 Å². The first-order chi connectivity index (χ1) is 5.86. The molecular weight excluding hydrogens is 170 g/mol. The molecule has 1 aromatic carbocycles. The quantitative estimate of drug-likeness (QED) is 0.722. The van der Waals surface area contributed by atoms with E-state index in [2.05, 4.69) is 15.2 Å². The van der Waals surface area contributed by atoms with Gasteiger partial charge in [0.1, 0.15) is 0 Å². The summed E-state index contributed by atoms with van der Waals surface area (Å²) in [4.78, 5) is 4.03. The van der Waals surface area contributed by atoms with Gasteiger partial charge >= 0.3 is 0 Å². The predicted molar refractivity (Wildman–Crippen MR) is 47.7 cm³/mol. The van der Waals surface area contributed by atoms with E-state index in [1.54, 1.807) is 0 Å². The van der Waals surface area contributed by atoms with Crippen LogP contribution in [0.4, 0.5) is 0 Å². The second-order valence-corrected chi connectivity index (χ2v) is 2.70. The zero-order chi connectivity index (χ0) is 8.39. The standard InChI is InChI=1S/C8H6N3S/c12-8-9-7(10-11-8)6-4-2-1-3-5-6/h1-5H,(H,9,10,11). The number of benzene rings is 1. The first-order valence-corrected chi connectivity index (χ1v) is 3.92. The Balaban J connectivity index is 2.45. The van der Waals surface area contributed by atoms with Crippen molar-refractivity contribution < 1.29 is 0 Å². The predicted octanol–water partition coefficient (Wildman–Crippen LogP) is 2.03. The third-order valence-corrected chi connectivity index (χ3v) is 1.69. The maximum absolute atomic E-state index is 4.78. The lowest BCUT2D eigenvalue weighted by Gasteiger charge is -1.91. The van der Waals surface area contributed by atoms with Gasteiger partial charge in [0, 0.05) is 5.56 Å². The Kier molecular flexibility index (Phi) is 1.75. The normalized spacial score (nSPS) is 10.0. The molecule has 0 bridgehead atoms. The number of H-pyrrole nitrogens is 1. The average Bonchev–Trinajstić information content (AvgIpc) is 2.54. The maximum atomic E-state index is 4.78. The second kappa shape index (κ2) is 2.91. The Labute approximate surface area is 75.3 Å². The molecule has 1 aromatic heterocycles. The fourth-order valence-electron chi connectivity index (χ4n) is 0.972. The number of hydrogen-bond acceptors (Lipinski definition) is 2. The summed E-state index contributed by atoms with van der Waals surface area (Å²) in [6.45, 7) is 0. The van der Waals surface area contributed by atoms with Gasteiger partial charge in [-0.05, 0) is 12.6 Å². The molecule has 1 heterocycles. The minimum absolute atomic E-state index is 0.355. The van der Waals surface area contributed by atoms with Crippen molar-refractivity contribution in [3.05, 3.63) is 30.3 Å². The molecule has 0 amide bonds. The molecule has 2 aromatic rings. The van der Waals surface area contributed by atoms with Crippen molar-refractivity contribution in [3.8, 4) is 11.4 Å². The maximum Gasteiger partial charge on any atom is 0.239 e. The highest BCUT2D eigenvalue weighted by atomic mass is 32.1. The van der Waals surface area contributed by atoms with E-state index in [1.807, 2.05) is 30.3 Å². The van der Waals surface area contributed by atoms with E-state index < -0.39 is 0 Å². The van der Waals surface area contributed by atoms with E-state index >= 15 is 0 Å². The summed E-state index contributed by atoms with van der Waals surface area (Å²) in [5.41, 5.74) is 1.00. The molecule has 0 spiro atoms. The minimum atomic E-state index is 0.355. The van der Waals surface area contributed by atoms with E-state index in [1.165, 1.54) is 0 Å². The summed E-state index contributed by atoms with van der Waals surface area (Å²) in [7, 11) is 0. The molecule has 1 radical (unpaired) electrons. The lowest BCUT2D eigenvalue weighted by atomic mass is 10.2. The van der Waals surface area contributed by atoms with E-state index in [9.17, 15) is 0 Å². The summed E-state index contributed by atoms with van der Waals surface area (Å²) in [6.07, 6.45) is 0. The fourth-order valence-corrected chi connectivity index (χ4v) is 1.11. The number of aromatic amines is 1. The van der Waals surface area contributed by atoms with Gasteiger partial charge in [-0.2, -0.15) is 4.98 Å². The largest absolute Gasteiger partial charge is 0.258 e. The minimum Gasteiger partial charge on any atom is -0.258 e. The van der Waals surface area contributed by atoms with E-state index in [-0.39, 0.29) is 0 Å². The van der Waals surface area contributed by atoms with Crippen molar-refractivity contribution in [2.45, 2.75) is 5.16 Å². The van der Waals surface area contributed by atoms with Crippen molar-refractivity contribution >= 4 is 12.6 Å². The third-order valence-electron chi connectivity index (χ3n) is 1.51. The van der Waals surface area contributed by atoms with Crippen LogP contribution < -0.4 is 0 Å². The summed E-state index contributed by atoms with van der Waals surface area (Å²) < 4.78 is 0. The number of hydrogen-bond donors (Lipinski definition) is 1. The Morgan fingerprint density at radius 2 is 1.92 bits per heavy atom. The molecular formula is C8H6N3S. The lowest BCUT2D eigenvalue weighted by Crippen LogP contribution is -1.78. The second-order valence-electron chi connectivity index (χ2n) is 2.33. The molecule has 2 rings (SSSR count). The van der Waals surface area contributed by atoms with Crippen molar-refractivity contribution in [2.24, 2.45) is 0 Å². The van der Waals surface area contributed by atoms with Crippen LogP contribution >= 0.6 is 12.6 Å². The summed E-state index contributed by atoms with van der Waals surface area (Å²) in [5.74, 6) is 0.723. The van der Waals surface area contributed by atoms with Crippen LogP contribution in [-0.2, 0) is 0 Å². The molecule has 0 atom stereocenters. The first-order valence-electron chi connectivity index (χ1n) is 3.51. The molecule has 0 unspecified atom stereocenters. The molecule has 59 valence electrons. The van der Waals surface area contributed by atoms with Crippen LogP contribution in [0.3, 0.4) is 0 Å². The Bertz CT molecular complexity index is 369. The van der Waals surface area contributed by atoms with Crippen LogP contribution in [0.1, 0.15) is 0 Å². The van der Waals surface area contributed by atoms with Gasteiger partial charge in [-0.15, -0.1) is 5.10 Å². The highest BCUT2D eigenvalue weighted by Crippen LogP contribution is 2.13. The smallest absolute Gasteiger partial charge is 0.239 e. The molecule has 0 fully saturated rings. The zero-order valence-electron chi connectivity index (χ0n) is 6.19. The summed E-state index contributed by atoms with van der Waals surface area (Å²) >= 11 is 4.78. The van der Waals surface area contributed by atoms with E-state index in [0.717, 1.165) is 11.4 Å². The van der Waals surface area contributed by atoms with Gasteiger partial charge in [0.2, 0.25) is 5.16 Å². The topological polar surface area (TPSA) is 41.6 Å². The van der Waals surface area contributed by atoms with Crippen LogP contribution in [0.15, 0.2) is 35.5 Å². The molecule has 0 aliphatic carbocycles. The third kappa shape index (κ3) is 1.29. The van der Waals surface area contributed by atoms with Crippen molar-refractivity contribution in [2.75, 3.05) is 0 Å². The summed E-state index contributed by atoms with van der Waals surface area (Å²) in [6, 6.07) is 9.75. The van der Waals surface area contributed by atoms with Gasteiger partial charge in [-0.25, -0.2) is 0 Å². The lowest BCUT2D eigenvalue weighted by molar-refractivity contribution is 0.980. The van der Waals surface area contributed by atoms with E-state index in [4.69, 9.17) is 12.6 Å². The number of nitrogens with one attached hydrogen (secondary N) is 1. The van der Waals surface area contributed by atoms with Crippen LogP contribution in [-0.4, -0.2) is 15.2 Å². The molecule has 1 N–H and O–H groups in total. The molecule has 4 heteroatoms.